The largest absolute Gasteiger partial charge is 0.364 e. The second kappa shape index (κ2) is 4.63. The van der Waals surface area contributed by atoms with E-state index in [2.05, 4.69) is 12.2 Å². The van der Waals surface area contributed by atoms with Crippen molar-refractivity contribution in [2.75, 3.05) is 6.54 Å². The van der Waals surface area contributed by atoms with Crippen LogP contribution in [0.3, 0.4) is 0 Å². The van der Waals surface area contributed by atoms with Gasteiger partial charge in [0.05, 0.1) is 11.7 Å². The molecule has 1 aromatic carbocycles. The molecule has 2 fully saturated rings. The van der Waals surface area contributed by atoms with Gasteiger partial charge in [0.25, 0.3) is 0 Å². The molecule has 1 spiro atoms. The van der Waals surface area contributed by atoms with Gasteiger partial charge in [-0.3, -0.25) is 0 Å². The number of benzene rings is 1. The van der Waals surface area contributed by atoms with E-state index in [0.29, 0.717) is 0 Å². The zero-order valence-corrected chi connectivity index (χ0v) is 10.8. The summed E-state index contributed by atoms with van der Waals surface area (Å²) in [5.41, 5.74) is 1.09. The minimum Gasteiger partial charge on any atom is -0.364 e. The summed E-state index contributed by atoms with van der Waals surface area (Å²) in [6.07, 6.45) is 4.84. The first-order valence-electron chi connectivity index (χ1n) is 6.85. The minimum atomic E-state index is -0.189. The predicted octanol–water partition coefficient (Wildman–Crippen LogP) is 3.19. The van der Waals surface area contributed by atoms with E-state index < -0.39 is 0 Å². The molecular formula is C15H20FNO. The van der Waals surface area contributed by atoms with Gasteiger partial charge < -0.3 is 10.1 Å². The Hall–Kier alpha value is -0.930. The summed E-state index contributed by atoms with van der Waals surface area (Å²) in [4.78, 5) is 0. The highest BCUT2D eigenvalue weighted by molar-refractivity contribution is 5.21. The molecule has 0 aromatic heterocycles. The van der Waals surface area contributed by atoms with Crippen molar-refractivity contribution in [2.45, 2.75) is 50.4 Å². The highest BCUT2D eigenvalue weighted by Crippen LogP contribution is 2.40. The maximum atomic E-state index is 13.0. The molecule has 2 nitrogen and oxygen atoms in total. The van der Waals surface area contributed by atoms with Gasteiger partial charge in [-0.2, -0.15) is 0 Å². The van der Waals surface area contributed by atoms with Crippen molar-refractivity contribution in [3.05, 3.63) is 35.6 Å². The lowest BCUT2D eigenvalue weighted by atomic mass is 9.94. The summed E-state index contributed by atoms with van der Waals surface area (Å²) in [5.74, 6) is -0.189. The molecule has 1 heterocycles. The van der Waals surface area contributed by atoms with Crippen LogP contribution in [0, 0.1) is 5.82 Å². The van der Waals surface area contributed by atoms with Crippen molar-refractivity contribution in [1.29, 1.82) is 0 Å². The van der Waals surface area contributed by atoms with Crippen LogP contribution >= 0.6 is 0 Å². The topological polar surface area (TPSA) is 21.3 Å². The van der Waals surface area contributed by atoms with Crippen LogP contribution in [0.2, 0.25) is 0 Å². The third-order valence-electron chi connectivity index (χ3n) is 4.29. The van der Waals surface area contributed by atoms with E-state index in [1.807, 2.05) is 12.1 Å². The quantitative estimate of drug-likeness (QED) is 0.825. The molecule has 98 valence electrons. The van der Waals surface area contributed by atoms with Crippen LogP contribution in [-0.2, 0) is 4.74 Å². The normalized spacial score (nSPS) is 30.8. The van der Waals surface area contributed by atoms with Crippen LogP contribution in [0.4, 0.5) is 4.39 Å². The van der Waals surface area contributed by atoms with Gasteiger partial charge in [0.15, 0.2) is 0 Å². The van der Waals surface area contributed by atoms with Crippen LogP contribution in [0.1, 0.15) is 44.3 Å². The molecular weight excluding hydrogens is 229 g/mol. The molecule has 0 bridgehead atoms. The molecule has 2 atom stereocenters. The first-order chi connectivity index (χ1) is 8.69. The molecule has 1 aromatic rings. The van der Waals surface area contributed by atoms with Crippen molar-refractivity contribution in [1.82, 2.24) is 5.32 Å². The average Bonchev–Trinajstić information content (AvgIpc) is 2.82. The third-order valence-corrected chi connectivity index (χ3v) is 4.29. The number of rotatable bonds is 1. The molecule has 2 unspecified atom stereocenters. The van der Waals surface area contributed by atoms with Crippen LogP contribution in [-0.4, -0.2) is 18.2 Å². The Balaban J connectivity index is 1.82. The van der Waals surface area contributed by atoms with Gasteiger partial charge in [-0.25, -0.2) is 4.39 Å². The van der Waals surface area contributed by atoms with Gasteiger partial charge in [0, 0.05) is 12.6 Å². The number of morpholine rings is 1. The van der Waals surface area contributed by atoms with Gasteiger partial charge in [0.2, 0.25) is 0 Å². The number of halogens is 1. The Kier molecular flexibility index (Phi) is 3.12. The molecule has 3 heteroatoms. The van der Waals surface area contributed by atoms with Crippen LogP contribution in [0.15, 0.2) is 24.3 Å². The van der Waals surface area contributed by atoms with Crippen molar-refractivity contribution in [3.63, 3.8) is 0 Å². The third kappa shape index (κ3) is 2.17. The number of ether oxygens (including phenoxy) is 1. The molecule has 1 saturated carbocycles. The summed E-state index contributed by atoms with van der Waals surface area (Å²) in [6.45, 7) is 3.09. The summed E-state index contributed by atoms with van der Waals surface area (Å²) < 4.78 is 19.4. The smallest absolute Gasteiger partial charge is 0.123 e. The number of nitrogens with one attached hydrogen (secondary N) is 1. The van der Waals surface area contributed by atoms with Gasteiger partial charge in [-0.15, -0.1) is 0 Å². The lowest BCUT2D eigenvalue weighted by molar-refractivity contribution is -0.131. The fourth-order valence-corrected chi connectivity index (χ4v) is 3.19. The summed E-state index contributed by atoms with van der Waals surface area (Å²) in [6, 6.07) is 6.99. The maximum Gasteiger partial charge on any atom is 0.123 e. The standard InChI is InChI=1S/C15H20FNO/c1-11-14(12-4-6-13(16)7-5-12)18-15(10-17-11)8-2-3-9-15/h4-7,11,14,17H,2-3,8-10H2,1H3. The van der Waals surface area contributed by atoms with Gasteiger partial charge in [-0.05, 0) is 37.5 Å². The molecule has 1 N–H and O–H groups in total. The highest BCUT2D eigenvalue weighted by atomic mass is 19.1. The first kappa shape index (κ1) is 12.1. The molecule has 3 rings (SSSR count). The molecule has 0 radical (unpaired) electrons. The Morgan fingerprint density at radius 3 is 2.56 bits per heavy atom. The second-order valence-corrected chi connectivity index (χ2v) is 5.65. The van der Waals surface area contributed by atoms with Gasteiger partial charge in [-0.1, -0.05) is 25.0 Å². The van der Waals surface area contributed by atoms with Crippen molar-refractivity contribution in [3.8, 4) is 0 Å². The average molecular weight is 249 g/mol. The Labute approximate surface area is 108 Å². The highest BCUT2D eigenvalue weighted by Gasteiger charge is 2.42. The number of hydrogen-bond donors (Lipinski definition) is 1. The van der Waals surface area contributed by atoms with Gasteiger partial charge >= 0.3 is 0 Å². The zero-order chi connectivity index (χ0) is 12.6. The lowest BCUT2D eigenvalue weighted by Crippen LogP contribution is -2.53. The monoisotopic (exact) mass is 249 g/mol. The first-order valence-corrected chi connectivity index (χ1v) is 6.85. The Morgan fingerprint density at radius 2 is 1.89 bits per heavy atom. The van der Waals surface area contributed by atoms with Crippen LogP contribution in [0.5, 0.6) is 0 Å². The zero-order valence-electron chi connectivity index (χ0n) is 10.8. The summed E-state index contributed by atoms with van der Waals surface area (Å²) in [5, 5.41) is 3.56. The second-order valence-electron chi connectivity index (χ2n) is 5.65. The summed E-state index contributed by atoms with van der Waals surface area (Å²) >= 11 is 0. The van der Waals surface area contributed by atoms with E-state index in [4.69, 9.17) is 4.74 Å². The van der Waals surface area contributed by atoms with E-state index in [-0.39, 0.29) is 23.6 Å². The molecule has 0 amide bonds. The van der Waals surface area contributed by atoms with Crippen LogP contribution < -0.4 is 5.32 Å². The molecule has 1 saturated heterocycles. The number of hydrogen-bond acceptors (Lipinski definition) is 2. The molecule has 2 aliphatic rings. The van der Waals surface area contributed by atoms with E-state index in [1.54, 1.807) is 0 Å². The summed E-state index contributed by atoms with van der Waals surface area (Å²) in [7, 11) is 0. The maximum absolute atomic E-state index is 13.0. The lowest BCUT2D eigenvalue weighted by Gasteiger charge is -2.43. The molecule has 1 aliphatic carbocycles. The Bertz CT molecular complexity index is 411. The van der Waals surface area contributed by atoms with E-state index in [0.717, 1.165) is 24.9 Å². The van der Waals surface area contributed by atoms with E-state index in [1.165, 1.54) is 25.0 Å². The van der Waals surface area contributed by atoms with Crippen LogP contribution in [0.25, 0.3) is 0 Å². The molecule has 1 aliphatic heterocycles. The Morgan fingerprint density at radius 1 is 1.22 bits per heavy atom. The van der Waals surface area contributed by atoms with Gasteiger partial charge in [0.1, 0.15) is 5.82 Å². The van der Waals surface area contributed by atoms with Crippen molar-refractivity contribution in [2.24, 2.45) is 0 Å². The van der Waals surface area contributed by atoms with Crippen molar-refractivity contribution < 1.29 is 9.13 Å². The SMILES string of the molecule is CC1NCC2(CCCC2)OC1c1ccc(F)cc1. The van der Waals surface area contributed by atoms with E-state index in [9.17, 15) is 4.39 Å². The predicted molar refractivity (Wildman–Crippen MR) is 68.9 cm³/mol. The van der Waals surface area contributed by atoms with Crippen molar-refractivity contribution >= 4 is 0 Å². The molecule has 18 heavy (non-hydrogen) atoms. The minimum absolute atomic E-state index is 0.0194. The van der Waals surface area contributed by atoms with E-state index >= 15 is 0 Å². The fourth-order valence-electron chi connectivity index (χ4n) is 3.19. The fraction of sp³-hybridized carbons (Fsp3) is 0.600.